The Morgan fingerprint density at radius 3 is 2.56 bits per heavy atom. The van der Waals surface area contributed by atoms with Gasteiger partial charge in [0.25, 0.3) is 10.0 Å². The molecule has 18 heavy (non-hydrogen) atoms. The van der Waals surface area contributed by atoms with E-state index in [1.165, 1.54) is 11.3 Å². The second-order valence-electron chi connectivity index (χ2n) is 3.71. The van der Waals surface area contributed by atoms with E-state index in [2.05, 4.69) is 10.0 Å². The van der Waals surface area contributed by atoms with E-state index in [1.807, 2.05) is 6.07 Å². The van der Waals surface area contributed by atoms with Crippen molar-refractivity contribution in [2.24, 2.45) is 0 Å². The minimum Gasteiger partial charge on any atom is -0.315 e. The maximum Gasteiger partial charge on any atom is 0.263 e. The van der Waals surface area contributed by atoms with Gasteiger partial charge in [-0.3, -0.25) is 4.72 Å². The highest BCUT2D eigenvalue weighted by Gasteiger charge is 2.19. The molecule has 0 radical (unpaired) electrons. The minimum atomic E-state index is -3.50. The first-order chi connectivity index (χ1) is 8.63. The lowest BCUT2D eigenvalue weighted by Crippen LogP contribution is -2.15. The van der Waals surface area contributed by atoms with E-state index in [4.69, 9.17) is 0 Å². The number of hydrogen-bond donors (Lipinski definition) is 2. The lowest BCUT2D eigenvalue weighted by atomic mass is 10.3. The molecule has 1 aromatic heterocycles. The van der Waals surface area contributed by atoms with Gasteiger partial charge in [-0.15, -0.1) is 11.3 Å². The van der Waals surface area contributed by atoms with E-state index in [0.717, 1.165) is 4.88 Å². The molecule has 1 aromatic carbocycles. The molecular formula is C12H14N2O2S2. The van der Waals surface area contributed by atoms with Crippen LogP contribution in [0.25, 0.3) is 0 Å². The van der Waals surface area contributed by atoms with E-state index in [-0.39, 0.29) is 0 Å². The molecule has 0 saturated carbocycles. The smallest absolute Gasteiger partial charge is 0.263 e. The molecular weight excluding hydrogens is 268 g/mol. The fourth-order valence-electron chi connectivity index (χ4n) is 1.57. The summed E-state index contributed by atoms with van der Waals surface area (Å²) in [5.41, 5.74) is 0.569. The van der Waals surface area contributed by atoms with E-state index in [0.29, 0.717) is 17.1 Å². The number of sulfonamides is 1. The molecule has 0 aliphatic heterocycles. The van der Waals surface area contributed by atoms with Crippen LogP contribution in [0.3, 0.4) is 0 Å². The van der Waals surface area contributed by atoms with Crippen molar-refractivity contribution in [1.29, 1.82) is 0 Å². The van der Waals surface area contributed by atoms with Gasteiger partial charge in [-0.1, -0.05) is 18.2 Å². The van der Waals surface area contributed by atoms with Crippen molar-refractivity contribution in [1.82, 2.24) is 5.32 Å². The number of hydrogen-bond acceptors (Lipinski definition) is 4. The Morgan fingerprint density at radius 1 is 1.17 bits per heavy atom. The molecule has 0 amide bonds. The van der Waals surface area contributed by atoms with Crippen LogP contribution in [-0.4, -0.2) is 15.5 Å². The first-order valence-corrected chi connectivity index (χ1v) is 7.78. The molecule has 96 valence electrons. The Morgan fingerprint density at radius 2 is 1.89 bits per heavy atom. The van der Waals surface area contributed by atoms with Crippen molar-refractivity contribution in [3.63, 3.8) is 0 Å². The number of thiophene rings is 1. The average Bonchev–Trinajstić information content (AvgIpc) is 2.79. The average molecular weight is 282 g/mol. The van der Waals surface area contributed by atoms with Crippen LogP contribution < -0.4 is 10.0 Å². The summed E-state index contributed by atoms with van der Waals surface area (Å²) < 4.78 is 27.0. The van der Waals surface area contributed by atoms with Crippen molar-refractivity contribution in [3.8, 4) is 0 Å². The normalized spacial score (nSPS) is 11.4. The standard InChI is InChI=1S/C12H14N2O2S2/c1-13-9-11-12(7-8-17-11)18(15,16)14-10-5-3-2-4-6-10/h2-8,13-14H,9H2,1H3. The summed E-state index contributed by atoms with van der Waals surface area (Å²) in [7, 11) is -1.71. The Balaban J connectivity index is 2.28. The third-order valence-corrected chi connectivity index (χ3v) is 4.87. The van der Waals surface area contributed by atoms with E-state index in [9.17, 15) is 8.42 Å². The van der Waals surface area contributed by atoms with Crippen molar-refractivity contribution in [2.75, 3.05) is 11.8 Å². The zero-order valence-electron chi connectivity index (χ0n) is 9.88. The molecule has 0 atom stereocenters. The minimum absolute atomic E-state index is 0.339. The van der Waals surface area contributed by atoms with Gasteiger partial charge < -0.3 is 5.32 Å². The fourth-order valence-corrected chi connectivity index (χ4v) is 4.09. The molecule has 0 aliphatic carbocycles. The van der Waals surface area contributed by atoms with Crippen LogP contribution in [0.2, 0.25) is 0 Å². The lowest BCUT2D eigenvalue weighted by Gasteiger charge is -2.08. The van der Waals surface area contributed by atoms with Crippen molar-refractivity contribution < 1.29 is 8.42 Å². The van der Waals surface area contributed by atoms with Gasteiger partial charge in [0, 0.05) is 17.1 Å². The highest BCUT2D eigenvalue weighted by atomic mass is 32.2. The number of benzene rings is 1. The molecule has 4 nitrogen and oxygen atoms in total. The van der Waals surface area contributed by atoms with Gasteiger partial charge >= 0.3 is 0 Å². The highest BCUT2D eigenvalue weighted by Crippen LogP contribution is 2.24. The molecule has 0 fully saturated rings. The predicted octanol–water partition coefficient (Wildman–Crippen LogP) is 2.27. The molecule has 0 spiro atoms. The number of para-hydroxylation sites is 1. The summed E-state index contributed by atoms with van der Waals surface area (Å²) in [6.45, 7) is 0.544. The topological polar surface area (TPSA) is 58.2 Å². The zero-order valence-corrected chi connectivity index (χ0v) is 11.5. The third kappa shape index (κ3) is 2.90. The quantitative estimate of drug-likeness (QED) is 0.884. The molecule has 0 bridgehead atoms. The van der Waals surface area contributed by atoms with Crippen LogP contribution >= 0.6 is 11.3 Å². The van der Waals surface area contributed by atoms with Crippen LogP contribution in [0.1, 0.15) is 4.88 Å². The van der Waals surface area contributed by atoms with Crippen molar-refractivity contribution >= 4 is 27.0 Å². The van der Waals surface area contributed by atoms with Crippen LogP contribution in [0.15, 0.2) is 46.7 Å². The van der Waals surface area contributed by atoms with Crippen LogP contribution in [0.5, 0.6) is 0 Å². The summed E-state index contributed by atoms with van der Waals surface area (Å²) in [6.07, 6.45) is 0. The molecule has 2 rings (SSSR count). The molecule has 2 N–H and O–H groups in total. The van der Waals surface area contributed by atoms with E-state index < -0.39 is 10.0 Å². The maximum absolute atomic E-state index is 12.2. The summed E-state index contributed by atoms with van der Waals surface area (Å²) >= 11 is 1.43. The molecule has 0 unspecified atom stereocenters. The molecule has 0 aliphatic rings. The van der Waals surface area contributed by atoms with Crippen LogP contribution in [0.4, 0.5) is 5.69 Å². The first-order valence-electron chi connectivity index (χ1n) is 5.42. The summed E-state index contributed by atoms with van der Waals surface area (Å²) in [5.74, 6) is 0. The number of nitrogens with one attached hydrogen (secondary N) is 2. The summed E-state index contributed by atoms with van der Waals surface area (Å²) in [4.78, 5) is 1.15. The predicted molar refractivity (Wildman–Crippen MR) is 74.3 cm³/mol. The Labute approximate surface area is 111 Å². The van der Waals surface area contributed by atoms with Gasteiger partial charge in [0.05, 0.1) is 0 Å². The second-order valence-corrected chi connectivity index (χ2v) is 6.36. The highest BCUT2D eigenvalue weighted by molar-refractivity contribution is 7.93. The fraction of sp³-hybridized carbons (Fsp3) is 0.167. The van der Waals surface area contributed by atoms with Crippen molar-refractivity contribution in [2.45, 2.75) is 11.4 Å². The van der Waals surface area contributed by atoms with E-state index >= 15 is 0 Å². The largest absolute Gasteiger partial charge is 0.315 e. The van der Waals surface area contributed by atoms with Crippen LogP contribution in [-0.2, 0) is 16.6 Å². The summed E-state index contributed by atoms with van der Waals surface area (Å²) in [6, 6.07) is 10.5. The van der Waals surface area contributed by atoms with Gasteiger partial charge in [0.15, 0.2) is 0 Å². The Bertz CT molecular complexity index is 606. The molecule has 1 heterocycles. The van der Waals surface area contributed by atoms with Gasteiger partial charge in [0.1, 0.15) is 4.90 Å². The number of anilines is 1. The molecule has 2 aromatic rings. The van der Waals surface area contributed by atoms with Gasteiger partial charge in [-0.05, 0) is 30.6 Å². The SMILES string of the molecule is CNCc1sccc1S(=O)(=O)Nc1ccccc1. The third-order valence-electron chi connectivity index (χ3n) is 2.36. The van der Waals surface area contributed by atoms with Gasteiger partial charge in [0.2, 0.25) is 0 Å². The molecule has 6 heteroatoms. The Hall–Kier alpha value is -1.37. The zero-order chi connectivity index (χ0) is 13.0. The van der Waals surface area contributed by atoms with Gasteiger partial charge in [-0.25, -0.2) is 8.42 Å². The molecule has 0 saturated heterocycles. The number of rotatable bonds is 5. The maximum atomic E-state index is 12.2. The van der Waals surface area contributed by atoms with Crippen molar-refractivity contribution in [3.05, 3.63) is 46.7 Å². The van der Waals surface area contributed by atoms with Gasteiger partial charge in [-0.2, -0.15) is 0 Å². The van der Waals surface area contributed by atoms with Crippen LogP contribution in [0, 0.1) is 0 Å². The summed E-state index contributed by atoms with van der Waals surface area (Å²) in [5, 5.41) is 4.75. The monoisotopic (exact) mass is 282 g/mol. The Kier molecular flexibility index (Phi) is 4.00. The first kappa shape index (κ1) is 13.1. The lowest BCUT2D eigenvalue weighted by molar-refractivity contribution is 0.600. The second kappa shape index (κ2) is 5.51. The van der Waals surface area contributed by atoms with E-state index in [1.54, 1.807) is 42.8 Å².